The number of carbonyl (C=O) groups is 1. The summed E-state index contributed by atoms with van der Waals surface area (Å²) in [7, 11) is -3.82. The third-order valence-corrected chi connectivity index (χ3v) is 7.11. The molecule has 0 spiro atoms. The number of anilines is 5. The van der Waals surface area contributed by atoms with Gasteiger partial charge in [-0.15, -0.1) is 0 Å². The monoisotopic (exact) mass is 475 g/mol. The van der Waals surface area contributed by atoms with Crippen LogP contribution in [0.4, 0.5) is 28.1 Å². The molecule has 0 aliphatic heterocycles. The Morgan fingerprint density at radius 3 is 2.38 bits per heavy atom. The summed E-state index contributed by atoms with van der Waals surface area (Å²) in [4.78, 5) is 26.1. The lowest BCUT2D eigenvalue weighted by atomic mass is 10.3. The number of nitrogens with zero attached hydrogens (tertiary/aromatic N) is 4. The van der Waals surface area contributed by atoms with Crippen LogP contribution in [-0.4, -0.2) is 42.4 Å². The molecule has 0 aliphatic rings. The topological polar surface area (TPSA) is 129 Å². The second kappa shape index (κ2) is 9.92. The van der Waals surface area contributed by atoms with Crippen LogP contribution in [0.15, 0.2) is 40.7 Å². The molecule has 0 saturated heterocycles. The molecule has 3 N–H and O–H groups in total. The van der Waals surface area contributed by atoms with Gasteiger partial charge in [0.05, 0.1) is 6.20 Å². The minimum Gasteiger partial charge on any atom is -0.357 e. The predicted molar refractivity (Wildman–Crippen MR) is 127 cm³/mol. The van der Waals surface area contributed by atoms with Gasteiger partial charge in [0.15, 0.2) is 9.34 Å². The Hall–Kier alpha value is -3.25. The lowest BCUT2D eigenvalue weighted by Gasteiger charge is -2.20. The first kappa shape index (κ1) is 23.4. The molecule has 3 aromatic rings. The van der Waals surface area contributed by atoms with E-state index in [1.165, 1.54) is 13.1 Å². The molecule has 10 nitrogen and oxygen atoms in total. The number of amides is 1. The van der Waals surface area contributed by atoms with Gasteiger partial charge in [-0.1, -0.05) is 11.3 Å². The molecule has 0 bridgehead atoms. The normalized spacial score (nSPS) is 11.1. The third kappa shape index (κ3) is 5.92. The fraction of sp³-hybridized carbons (Fsp3) is 0.300. The zero-order chi connectivity index (χ0) is 23.3. The van der Waals surface area contributed by atoms with E-state index in [1.807, 2.05) is 13.0 Å². The van der Waals surface area contributed by atoms with E-state index in [9.17, 15) is 13.2 Å². The summed E-state index contributed by atoms with van der Waals surface area (Å²) in [6.07, 6.45) is 1.21. The van der Waals surface area contributed by atoms with Gasteiger partial charge in [0.25, 0.3) is 10.0 Å². The molecule has 1 amide bonds. The van der Waals surface area contributed by atoms with Gasteiger partial charge >= 0.3 is 0 Å². The van der Waals surface area contributed by atoms with Crippen LogP contribution in [0, 0.1) is 6.92 Å². The fourth-order valence-electron chi connectivity index (χ4n) is 2.89. The number of thiazole rings is 1. The molecule has 2 aromatic heterocycles. The molecule has 0 aliphatic carbocycles. The average Bonchev–Trinajstić information content (AvgIpc) is 3.19. The maximum Gasteiger partial charge on any atom is 0.273 e. The van der Waals surface area contributed by atoms with Crippen LogP contribution in [0.25, 0.3) is 0 Å². The SMILES string of the molecule is CCN(CC)c1cc(Nc2ccc(NS(=O)(=O)c3cnc(NC(C)=O)s3)cc2)nc(C)n1. The van der Waals surface area contributed by atoms with Gasteiger partial charge < -0.3 is 15.5 Å². The van der Waals surface area contributed by atoms with Crippen LogP contribution in [0.1, 0.15) is 26.6 Å². The van der Waals surface area contributed by atoms with Crippen LogP contribution in [0.5, 0.6) is 0 Å². The average molecular weight is 476 g/mol. The molecule has 0 fully saturated rings. The highest BCUT2D eigenvalue weighted by Gasteiger charge is 2.18. The van der Waals surface area contributed by atoms with Crippen molar-refractivity contribution in [3.05, 3.63) is 42.4 Å². The highest BCUT2D eigenvalue weighted by molar-refractivity contribution is 7.94. The van der Waals surface area contributed by atoms with Gasteiger partial charge in [-0.25, -0.2) is 23.4 Å². The highest BCUT2D eigenvalue weighted by Crippen LogP contribution is 2.26. The van der Waals surface area contributed by atoms with Crippen molar-refractivity contribution in [2.24, 2.45) is 0 Å². The Labute approximate surface area is 191 Å². The predicted octanol–water partition coefficient (Wildman–Crippen LogP) is 3.59. The van der Waals surface area contributed by atoms with Crippen molar-refractivity contribution in [3.63, 3.8) is 0 Å². The van der Waals surface area contributed by atoms with Crippen LogP contribution in [-0.2, 0) is 14.8 Å². The summed E-state index contributed by atoms with van der Waals surface area (Å²) in [5, 5.41) is 5.92. The number of aromatic nitrogens is 3. The molecule has 32 heavy (non-hydrogen) atoms. The number of hydrogen-bond acceptors (Lipinski definition) is 9. The molecule has 0 unspecified atom stereocenters. The van der Waals surface area contributed by atoms with E-state index in [2.05, 4.69) is 49.1 Å². The summed E-state index contributed by atoms with van der Waals surface area (Å²) in [5.74, 6) is 1.84. The Balaban J connectivity index is 1.71. The first-order valence-corrected chi connectivity index (χ1v) is 12.2. The van der Waals surface area contributed by atoms with Crippen molar-refractivity contribution < 1.29 is 13.2 Å². The van der Waals surface area contributed by atoms with Crippen molar-refractivity contribution in [2.45, 2.75) is 31.9 Å². The summed E-state index contributed by atoms with van der Waals surface area (Å²) in [6, 6.07) is 8.68. The summed E-state index contributed by atoms with van der Waals surface area (Å²) in [5.41, 5.74) is 1.15. The molecular weight excluding hydrogens is 450 g/mol. The van der Waals surface area contributed by atoms with E-state index < -0.39 is 10.0 Å². The number of carbonyl (C=O) groups excluding carboxylic acids is 1. The first-order valence-electron chi connectivity index (χ1n) is 9.94. The lowest BCUT2D eigenvalue weighted by molar-refractivity contribution is -0.114. The zero-order valence-corrected chi connectivity index (χ0v) is 19.8. The molecule has 1 aromatic carbocycles. The van der Waals surface area contributed by atoms with Crippen molar-refractivity contribution >= 4 is 55.4 Å². The molecule has 12 heteroatoms. The number of sulfonamides is 1. The number of benzene rings is 1. The fourth-order valence-corrected chi connectivity index (χ4v) is 5.03. The zero-order valence-electron chi connectivity index (χ0n) is 18.2. The minimum atomic E-state index is -3.82. The van der Waals surface area contributed by atoms with Crippen molar-refractivity contribution in [1.82, 2.24) is 15.0 Å². The van der Waals surface area contributed by atoms with E-state index in [0.29, 0.717) is 17.3 Å². The van der Waals surface area contributed by atoms with Crippen molar-refractivity contribution in [2.75, 3.05) is 33.3 Å². The summed E-state index contributed by atoms with van der Waals surface area (Å²) < 4.78 is 27.7. The molecule has 0 atom stereocenters. The molecule has 2 heterocycles. The van der Waals surface area contributed by atoms with E-state index in [0.717, 1.165) is 35.9 Å². The smallest absolute Gasteiger partial charge is 0.273 e. The van der Waals surface area contributed by atoms with Gasteiger partial charge in [0, 0.05) is 37.5 Å². The Bertz CT molecular complexity index is 1190. The van der Waals surface area contributed by atoms with Crippen LogP contribution >= 0.6 is 11.3 Å². The minimum absolute atomic E-state index is 0.00356. The molecule has 3 rings (SSSR count). The maximum atomic E-state index is 12.6. The largest absolute Gasteiger partial charge is 0.357 e. The highest BCUT2D eigenvalue weighted by atomic mass is 32.2. The van der Waals surface area contributed by atoms with Crippen molar-refractivity contribution in [1.29, 1.82) is 0 Å². The van der Waals surface area contributed by atoms with E-state index >= 15 is 0 Å². The number of nitrogens with one attached hydrogen (secondary N) is 3. The third-order valence-electron chi connectivity index (χ3n) is 4.35. The number of aryl methyl sites for hydroxylation is 1. The van der Waals surface area contributed by atoms with Gasteiger partial charge in [0.1, 0.15) is 17.5 Å². The van der Waals surface area contributed by atoms with Gasteiger partial charge in [-0.05, 0) is 45.0 Å². The van der Waals surface area contributed by atoms with Crippen LogP contribution < -0.4 is 20.3 Å². The standard InChI is InChI=1S/C20H25N7O3S2/c1-5-27(6-2)18-11-17(22-13(3)23-18)25-15-7-9-16(10-8-15)26-32(29,30)19-12-21-20(31-19)24-14(4)28/h7-12,26H,5-6H2,1-4H3,(H,21,24,28)(H,22,23,25). The van der Waals surface area contributed by atoms with Gasteiger partial charge in [-0.3, -0.25) is 9.52 Å². The quantitative estimate of drug-likeness (QED) is 0.428. The van der Waals surface area contributed by atoms with Gasteiger partial charge in [-0.2, -0.15) is 0 Å². The van der Waals surface area contributed by atoms with E-state index in [4.69, 9.17) is 0 Å². The number of hydrogen-bond donors (Lipinski definition) is 3. The first-order chi connectivity index (χ1) is 15.2. The molecule has 170 valence electrons. The molecular formula is C20H25N7O3S2. The van der Waals surface area contributed by atoms with E-state index in [1.54, 1.807) is 24.3 Å². The number of rotatable bonds is 9. The summed E-state index contributed by atoms with van der Waals surface area (Å²) in [6.45, 7) is 8.99. The van der Waals surface area contributed by atoms with Crippen LogP contribution in [0.3, 0.4) is 0 Å². The lowest BCUT2D eigenvalue weighted by Crippen LogP contribution is -2.23. The second-order valence-electron chi connectivity index (χ2n) is 6.80. The molecule has 0 saturated carbocycles. The molecule has 0 radical (unpaired) electrons. The Morgan fingerprint density at radius 2 is 1.75 bits per heavy atom. The Morgan fingerprint density at radius 1 is 1.09 bits per heavy atom. The Kier molecular flexibility index (Phi) is 7.26. The van der Waals surface area contributed by atoms with Crippen LogP contribution in [0.2, 0.25) is 0 Å². The second-order valence-corrected chi connectivity index (χ2v) is 9.74. The maximum absolute atomic E-state index is 12.6. The summed E-state index contributed by atoms with van der Waals surface area (Å²) >= 11 is 0.877. The van der Waals surface area contributed by atoms with Crippen molar-refractivity contribution in [3.8, 4) is 0 Å². The van der Waals surface area contributed by atoms with Gasteiger partial charge in [0.2, 0.25) is 5.91 Å². The van der Waals surface area contributed by atoms with E-state index in [-0.39, 0.29) is 15.2 Å².